The van der Waals surface area contributed by atoms with Gasteiger partial charge in [-0.15, -0.1) is 0 Å². The molecule has 3 aliphatic heterocycles. The van der Waals surface area contributed by atoms with Crippen molar-refractivity contribution in [3.63, 3.8) is 0 Å². The van der Waals surface area contributed by atoms with E-state index >= 15 is 0 Å². The number of nitrogens with zero attached hydrogens (tertiary/aromatic N) is 3. The summed E-state index contributed by atoms with van der Waals surface area (Å²) >= 11 is 12.2. The molecule has 3 fully saturated rings. The summed E-state index contributed by atoms with van der Waals surface area (Å²) in [4.78, 5) is 59.7. The molecule has 79 heavy (non-hydrogen) atoms. The molecule has 11 rings (SSSR count). The van der Waals surface area contributed by atoms with Gasteiger partial charge in [0.25, 0.3) is 23.6 Å². The van der Waals surface area contributed by atoms with Gasteiger partial charge in [0.15, 0.2) is 0 Å². The number of rotatable bonds is 9. The Hall–Kier alpha value is -6.88. The Morgan fingerprint density at radius 1 is 0.595 bits per heavy atom. The van der Waals surface area contributed by atoms with E-state index in [4.69, 9.17) is 43.1 Å². The summed E-state index contributed by atoms with van der Waals surface area (Å²) in [5, 5.41) is 5.70. The van der Waals surface area contributed by atoms with Crippen LogP contribution in [0.2, 0.25) is 10.0 Å². The van der Waals surface area contributed by atoms with E-state index in [1.807, 2.05) is 40.1 Å². The second kappa shape index (κ2) is 23.8. The number of halogens is 4. The number of ether oxygens (including phenoxy) is 3. The first-order valence-corrected chi connectivity index (χ1v) is 27.7. The summed E-state index contributed by atoms with van der Waals surface area (Å²) in [5.74, 6) is -1.91. The number of benzene rings is 6. The van der Waals surface area contributed by atoms with Crippen LogP contribution in [0.25, 0.3) is 0 Å². The van der Waals surface area contributed by atoms with Gasteiger partial charge in [-0.1, -0.05) is 59.6 Å². The molecule has 0 radical (unpaired) electrons. The predicted molar refractivity (Wildman–Crippen MR) is 304 cm³/mol. The van der Waals surface area contributed by atoms with E-state index < -0.39 is 23.4 Å². The first-order chi connectivity index (χ1) is 38.1. The van der Waals surface area contributed by atoms with Crippen molar-refractivity contribution in [1.29, 1.82) is 0 Å². The molecular weight excluding hydrogens is 1050 g/mol. The van der Waals surface area contributed by atoms with Crippen LogP contribution in [0.3, 0.4) is 0 Å². The van der Waals surface area contributed by atoms with E-state index in [0.717, 1.165) is 113 Å². The minimum absolute atomic E-state index is 0.00519. The molecule has 1 saturated heterocycles. The van der Waals surface area contributed by atoms with Crippen molar-refractivity contribution in [3.05, 3.63) is 176 Å². The Balaban J connectivity index is 0.000000180. The number of carbonyl (C=O) groups is 4. The highest BCUT2D eigenvalue weighted by Gasteiger charge is 2.45. The van der Waals surface area contributed by atoms with Crippen molar-refractivity contribution >= 4 is 69.6 Å². The first-order valence-electron chi connectivity index (χ1n) is 26.9. The molecule has 2 saturated carbocycles. The number of hydrogen-bond acceptors (Lipinski definition) is 9. The molecule has 6 aromatic carbocycles. The minimum Gasteiger partial charge on any atom is -0.495 e. The molecule has 4 amide bonds. The number of anilines is 4. The summed E-state index contributed by atoms with van der Waals surface area (Å²) < 4.78 is 44.0. The number of hydrogen-bond donors (Lipinski definition) is 3. The first kappa shape index (κ1) is 55.4. The zero-order chi connectivity index (χ0) is 55.4. The number of nitrogens with one attached hydrogen (secondary N) is 2. The molecule has 0 aromatic heterocycles. The van der Waals surface area contributed by atoms with Gasteiger partial charge in [0, 0.05) is 60.8 Å². The maximum Gasteiger partial charge on any atom is 0.258 e. The van der Waals surface area contributed by atoms with Crippen molar-refractivity contribution in [2.24, 2.45) is 16.6 Å². The van der Waals surface area contributed by atoms with Crippen LogP contribution < -0.4 is 35.6 Å². The zero-order valence-corrected chi connectivity index (χ0v) is 45.8. The molecule has 2 spiro atoms. The van der Waals surface area contributed by atoms with Crippen LogP contribution in [0.5, 0.6) is 11.5 Å². The van der Waals surface area contributed by atoms with Gasteiger partial charge >= 0.3 is 0 Å². The van der Waals surface area contributed by atoms with Gasteiger partial charge < -0.3 is 40.4 Å². The van der Waals surface area contributed by atoms with Crippen molar-refractivity contribution in [2.75, 3.05) is 74.0 Å². The monoisotopic (exact) mass is 1110 g/mol. The molecule has 4 N–H and O–H groups in total. The standard InChI is InChI=1S/C33H35ClFN3O4.C29H29ClFN3O3/c1-41-30-18-22(6-9-28(30)36-31(39)26-19-24(35)7-8-27(26)34)32(40)38-13-12-33(20-23-4-2-3-5-29(23)38)11-10-25(21-33)37-14-16-42-17-15-37;1-37-26-14-18(6-9-24(26)33-27(35)22-15-20(31)7-8-23(22)30)28(36)34-13-12-29(11-10-21(32)17-29)16-19-4-2-3-5-25(19)34/h2-9,18-19,25H,10-17,20-21H2,1H3,(H,36,39);2-9,14-15,21H,10-13,16-17,32H2,1H3,(H,33,35)/t25?,33-;21?,29-/m00/s1. The van der Waals surface area contributed by atoms with E-state index in [9.17, 15) is 28.0 Å². The highest BCUT2D eigenvalue weighted by molar-refractivity contribution is 6.35. The summed E-state index contributed by atoms with van der Waals surface area (Å²) in [6, 6.07) is 34.1. The minimum atomic E-state index is -0.580. The molecular formula is C62H64Cl2F2N6O7. The fraction of sp³-hybridized carbons (Fsp3) is 0.355. The third-order valence-corrected chi connectivity index (χ3v) is 17.3. The van der Waals surface area contributed by atoms with Crippen molar-refractivity contribution in [2.45, 2.75) is 76.3 Å². The van der Waals surface area contributed by atoms with E-state index in [1.54, 1.807) is 36.4 Å². The average Bonchev–Trinajstić information content (AvgIpc) is 4.15. The number of amides is 4. The van der Waals surface area contributed by atoms with Crippen LogP contribution in [0.1, 0.15) is 104 Å². The quantitative estimate of drug-likeness (QED) is 0.128. The lowest BCUT2D eigenvalue weighted by Crippen LogP contribution is -2.43. The second-order valence-corrected chi connectivity index (χ2v) is 22.4. The molecule has 412 valence electrons. The topological polar surface area (TPSA) is 156 Å². The van der Waals surface area contributed by atoms with Crippen LogP contribution in [-0.2, 0) is 17.6 Å². The van der Waals surface area contributed by atoms with Crippen LogP contribution >= 0.6 is 23.2 Å². The van der Waals surface area contributed by atoms with Crippen LogP contribution in [0.15, 0.2) is 121 Å². The van der Waals surface area contributed by atoms with Gasteiger partial charge in [0.05, 0.1) is 60.0 Å². The largest absolute Gasteiger partial charge is 0.495 e. The summed E-state index contributed by atoms with van der Waals surface area (Å²) in [6.45, 7) is 4.83. The summed E-state index contributed by atoms with van der Waals surface area (Å²) in [5.41, 5.74) is 12.4. The Bertz CT molecular complexity index is 3290. The van der Waals surface area contributed by atoms with Crippen LogP contribution in [0.4, 0.5) is 31.5 Å². The van der Waals surface area contributed by atoms with Crippen LogP contribution in [-0.4, -0.2) is 94.2 Å². The van der Waals surface area contributed by atoms with Gasteiger partial charge in [0.2, 0.25) is 0 Å². The average molecular weight is 1110 g/mol. The fourth-order valence-corrected chi connectivity index (χ4v) is 12.9. The van der Waals surface area contributed by atoms with Crippen molar-refractivity contribution in [1.82, 2.24) is 4.90 Å². The lowest BCUT2D eigenvalue weighted by Gasteiger charge is -2.34. The number of fused-ring (bicyclic) bond motifs is 2. The highest BCUT2D eigenvalue weighted by Crippen LogP contribution is 2.50. The molecule has 0 bridgehead atoms. The second-order valence-electron chi connectivity index (χ2n) is 21.6. The lowest BCUT2D eigenvalue weighted by molar-refractivity contribution is 0.0152. The number of methoxy groups -OCH3 is 2. The Labute approximate surface area is 469 Å². The summed E-state index contributed by atoms with van der Waals surface area (Å²) in [7, 11) is 2.94. The molecule has 6 aromatic rings. The maximum absolute atomic E-state index is 14.0. The SMILES string of the molecule is COc1cc(C(=O)N2CC[C@@]3(CCC(N)C3)Cc3ccccc32)ccc1NC(=O)c1cc(F)ccc1Cl.COc1cc(C(=O)N2CC[C@@]3(CCC(N4CCOCC4)C3)Cc3ccccc32)ccc1NC(=O)c1cc(F)ccc1Cl. The number of morpholine rings is 1. The molecule has 2 unspecified atom stereocenters. The Morgan fingerprint density at radius 3 is 1.53 bits per heavy atom. The van der Waals surface area contributed by atoms with E-state index in [-0.39, 0.29) is 49.9 Å². The predicted octanol–water partition coefficient (Wildman–Crippen LogP) is 12.0. The molecule has 2 aliphatic carbocycles. The van der Waals surface area contributed by atoms with E-state index in [1.165, 1.54) is 50.5 Å². The Morgan fingerprint density at radius 2 is 1.06 bits per heavy atom. The lowest BCUT2D eigenvalue weighted by atomic mass is 9.77. The maximum atomic E-state index is 14.0. The third kappa shape index (κ3) is 12.2. The van der Waals surface area contributed by atoms with Gasteiger partial charge in [0.1, 0.15) is 23.1 Å². The zero-order valence-electron chi connectivity index (χ0n) is 44.3. The number of carbonyl (C=O) groups excluding carboxylic acids is 4. The number of para-hydroxylation sites is 2. The molecule has 5 aliphatic rings. The summed E-state index contributed by atoms with van der Waals surface area (Å²) in [6.07, 6.45) is 10.2. The molecule has 17 heteroatoms. The normalized spacial score (nSPS) is 21.7. The van der Waals surface area contributed by atoms with Gasteiger partial charge in [-0.05, 0) is 171 Å². The molecule has 4 atom stereocenters. The fourth-order valence-electron chi connectivity index (χ4n) is 12.5. The van der Waals surface area contributed by atoms with Crippen molar-refractivity contribution < 1.29 is 42.2 Å². The highest BCUT2D eigenvalue weighted by atomic mass is 35.5. The molecule has 3 heterocycles. The van der Waals surface area contributed by atoms with Gasteiger partial charge in [-0.25, -0.2) is 8.78 Å². The van der Waals surface area contributed by atoms with E-state index in [0.29, 0.717) is 53.1 Å². The third-order valence-electron chi connectivity index (χ3n) is 16.6. The van der Waals surface area contributed by atoms with Crippen LogP contribution in [0, 0.1) is 22.5 Å². The van der Waals surface area contributed by atoms with Crippen molar-refractivity contribution in [3.8, 4) is 11.5 Å². The van der Waals surface area contributed by atoms with Gasteiger partial charge in [-0.2, -0.15) is 0 Å². The Kier molecular flexibility index (Phi) is 16.7. The van der Waals surface area contributed by atoms with Gasteiger partial charge in [-0.3, -0.25) is 24.1 Å². The smallest absolute Gasteiger partial charge is 0.258 e. The number of nitrogens with two attached hydrogens (primary N) is 1. The van der Waals surface area contributed by atoms with E-state index in [2.05, 4.69) is 33.7 Å². The molecule has 13 nitrogen and oxygen atoms in total.